The summed E-state index contributed by atoms with van der Waals surface area (Å²) in [5.74, 6) is 0.00150. The molecule has 0 amide bonds. The van der Waals surface area contributed by atoms with Crippen molar-refractivity contribution in [1.29, 1.82) is 0 Å². The first kappa shape index (κ1) is 22.5. The van der Waals surface area contributed by atoms with Crippen molar-refractivity contribution in [2.75, 3.05) is 54.5 Å². The van der Waals surface area contributed by atoms with Crippen LogP contribution in [0.4, 0.5) is 30.6 Å². The maximum atomic E-state index is 13.4. The number of hydrogen-bond donors (Lipinski definition) is 2. The number of aromatic nitrogens is 2. The summed E-state index contributed by atoms with van der Waals surface area (Å²) >= 11 is 5.26. The third-order valence-electron chi connectivity index (χ3n) is 5.42. The van der Waals surface area contributed by atoms with E-state index >= 15 is 0 Å². The van der Waals surface area contributed by atoms with E-state index in [2.05, 4.69) is 37.6 Å². The summed E-state index contributed by atoms with van der Waals surface area (Å²) in [6.07, 6.45) is -2.16. The van der Waals surface area contributed by atoms with Crippen molar-refractivity contribution in [3.63, 3.8) is 0 Å². The molecule has 2 aliphatic rings. The van der Waals surface area contributed by atoms with Crippen LogP contribution >= 0.6 is 12.2 Å². The SMILES string of the molecule is FC(F)(F)c1cc(N2CCOCC2)nc(NC(=S)NCc2ccc(N3CCCC3)cc2)n1. The minimum atomic E-state index is -4.59. The average Bonchev–Trinajstić information content (AvgIpc) is 3.33. The number of thiocarbonyl (C=S) groups is 1. The molecule has 1 aromatic carbocycles. The Morgan fingerprint density at radius 2 is 1.69 bits per heavy atom. The largest absolute Gasteiger partial charge is 0.433 e. The molecular weight excluding hydrogens is 441 g/mol. The zero-order valence-corrected chi connectivity index (χ0v) is 18.3. The highest BCUT2D eigenvalue weighted by molar-refractivity contribution is 7.80. The molecule has 0 bridgehead atoms. The van der Waals surface area contributed by atoms with E-state index in [1.807, 2.05) is 12.1 Å². The highest BCUT2D eigenvalue weighted by Gasteiger charge is 2.34. The molecule has 2 fully saturated rings. The fourth-order valence-electron chi connectivity index (χ4n) is 3.72. The summed E-state index contributed by atoms with van der Waals surface area (Å²) in [5.41, 5.74) is 1.19. The zero-order valence-electron chi connectivity index (χ0n) is 17.5. The molecule has 32 heavy (non-hydrogen) atoms. The Morgan fingerprint density at radius 1 is 1.00 bits per heavy atom. The van der Waals surface area contributed by atoms with Gasteiger partial charge in [0.15, 0.2) is 10.8 Å². The second-order valence-electron chi connectivity index (χ2n) is 7.70. The second kappa shape index (κ2) is 9.86. The van der Waals surface area contributed by atoms with Crippen molar-refractivity contribution in [3.8, 4) is 0 Å². The van der Waals surface area contributed by atoms with Gasteiger partial charge in [-0.2, -0.15) is 18.2 Å². The normalized spacial score (nSPS) is 16.8. The van der Waals surface area contributed by atoms with Gasteiger partial charge in [-0.1, -0.05) is 12.1 Å². The van der Waals surface area contributed by atoms with E-state index in [0.717, 1.165) is 24.7 Å². The van der Waals surface area contributed by atoms with E-state index in [1.54, 1.807) is 4.90 Å². The lowest BCUT2D eigenvalue weighted by Crippen LogP contribution is -2.37. The van der Waals surface area contributed by atoms with Gasteiger partial charge in [0, 0.05) is 44.5 Å². The van der Waals surface area contributed by atoms with Gasteiger partial charge in [0.1, 0.15) is 5.82 Å². The van der Waals surface area contributed by atoms with Crippen LogP contribution in [0.2, 0.25) is 0 Å². The Hall–Kier alpha value is -2.66. The number of halogens is 3. The molecule has 3 heterocycles. The topological polar surface area (TPSA) is 65.6 Å². The van der Waals surface area contributed by atoms with Crippen molar-refractivity contribution >= 4 is 34.8 Å². The predicted molar refractivity (Wildman–Crippen MR) is 121 cm³/mol. The smallest absolute Gasteiger partial charge is 0.378 e. The molecule has 4 rings (SSSR count). The van der Waals surface area contributed by atoms with Crippen LogP contribution in [0.5, 0.6) is 0 Å². The minimum Gasteiger partial charge on any atom is -0.378 e. The lowest BCUT2D eigenvalue weighted by molar-refractivity contribution is -0.141. The Morgan fingerprint density at radius 3 is 2.34 bits per heavy atom. The third-order valence-corrected chi connectivity index (χ3v) is 5.67. The van der Waals surface area contributed by atoms with E-state index in [0.29, 0.717) is 32.8 Å². The van der Waals surface area contributed by atoms with E-state index < -0.39 is 11.9 Å². The van der Waals surface area contributed by atoms with Crippen molar-refractivity contribution in [2.45, 2.75) is 25.6 Å². The van der Waals surface area contributed by atoms with Gasteiger partial charge in [0.25, 0.3) is 0 Å². The highest BCUT2D eigenvalue weighted by Crippen LogP contribution is 2.30. The predicted octanol–water partition coefficient (Wildman–Crippen LogP) is 3.42. The third kappa shape index (κ3) is 5.77. The summed E-state index contributed by atoms with van der Waals surface area (Å²) < 4.78 is 45.3. The number of morpholine rings is 1. The number of anilines is 3. The molecule has 0 radical (unpaired) electrons. The lowest BCUT2D eigenvalue weighted by atomic mass is 10.2. The van der Waals surface area contributed by atoms with Crippen LogP contribution in [-0.4, -0.2) is 54.5 Å². The number of rotatable bonds is 5. The first-order chi connectivity index (χ1) is 15.4. The fourth-order valence-corrected chi connectivity index (χ4v) is 3.88. The van der Waals surface area contributed by atoms with Gasteiger partial charge in [0.2, 0.25) is 5.95 Å². The number of hydrogen-bond acceptors (Lipinski definition) is 6. The van der Waals surface area contributed by atoms with Gasteiger partial charge < -0.3 is 25.2 Å². The maximum Gasteiger partial charge on any atom is 0.433 e. The first-order valence-electron chi connectivity index (χ1n) is 10.6. The molecule has 2 saturated heterocycles. The molecule has 0 saturated carbocycles. The molecule has 2 aliphatic heterocycles. The standard InChI is InChI=1S/C21H25F3N6OS/c22-21(23,24)17-13-18(30-9-11-31-12-10-30)27-19(26-17)28-20(32)25-14-15-3-5-16(6-4-15)29-7-1-2-8-29/h3-6,13H,1-2,7-12,14H2,(H2,25,26,27,28,32). The summed E-state index contributed by atoms with van der Waals surface area (Å²) in [4.78, 5) is 11.9. The Labute approximate surface area is 190 Å². The summed E-state index contributed by atoms with van der Waals surface area (Å²) in [6.45, 7) is 4.38. The Bertz CT molecular complexity index is 928. The van der Waals surface area contributed by atoms with Crippen LogP contribution in [-0.2, 0) is 17.5 Å². The summed E-state index contributed by atoms with van der Waals surface area (Å²) in [7, 11) is 0. The van der Waals surface area contributed by atoms with Gasteiger partial charge in [-0.25, -0.2) is 4.98 Å². The van der Waals surface area contributed by atoms with Crippen LogP contribution in [0.15, 0.2) is 30.3 Å². The highest BCUT2D eigenvalue weighted by atomic mass is 32.1. The fraction of sp³-hybridized carbons (Fsp3) is 0.476. The number of benzene rings is 1. The quantitative estimate of drug-likeness (QED) is 0.650. The monoisotopic (exact) mass is 466 g/mol. The molecule has 7 nitrogen and oxygen atoms in total. The molecule has 1 aromatic heterocycles. The van der Waals surface area contributed by atoms with Gasteiger partial charge in [-0.05, 0) is 42.8 Å². The Kier molecular flexibility index (Phi) is 6.95. The molecule has 2 aromatic rings. The summed E-state index contributed by atoms with van der Waals surface area (Å²) in [6, 6.07) is 9.13. The number of ether oxygens (including phenoxy) is 1. The average molecular weight is 467 g/mol. The van der Waals surface area contributed by atoms with Crippen molar-refractivity contribution in [1.82, 2.24) is 15.3 Å². The zero-order chi connectivity index (χ0) is 22.6. The van der Waals surface area contributed by atoms with E-state index in [4.69, 9.17) is 17.0 Å². The molecular formula is C21H25F3N6OS. The summed E-state index contributed by atoms with van der Waals surface area (Å²) in [5, 5.41) is 5.85. The van der Waals surface area contributed by atoms with Crippen LogP contribution in [0.25, 0.3) is 0 Å². The van der Waals surface area contributed by atoms with Gasteiger partial charge in [-0.15, -0.1) is 0 Å². The van der Waals surface area contributed by atoms with Crippen molar-refractivity contribution in [2.24, 2.45) is 0 Å². The molecule has 0 spiro atoms. The second-order valence-corrected chi connectivity index (χ2v) is 8.11. The molecule has 2 N–H and O–H groups in total. The van der Waals surface area contributed by atoms with Crippen LogP contribution in [0, 0.1) is 0 Å². The first-order valence-corrected chi connectivity index (χ1v) is 11.0. The van der Waals surface area contributed by atoms with Gasteiger partial charge in [0.05, 0.1) is 13.2 Å². The molecule has 172 valence electrons. The number of alkyl halides is 3. The lowest BCUT2D eigenvalue weighted by Gasteiger charge is -2.28. The molecule has 0 atom stereocenters. The van der Waals surface area contributed by atoms with Gasteiger partial charge in [-0.3, -0.25) is 0 Å². The molecule has 11 heteroatoms. The van der Waals surface area contributed by atoms with Gasteiger partial charge >= 0.3 is 6.18 Å². The van der Waals surface area contributed by atoms with Crippen LogP contribution < -0.4 is 20.4 Å². The molecule has 0 aliphatic carbocycles. The van der Waals surface area contributed by atoms with E-state index in [9.17, 15) is 13.2 Å². The number of nitrogens with zero attached hydrogens (tertiary/aromatic N) is 4. The van der Waals surface area contributed by atoms with Crippen LogP contribution in [0.1, 0.15) is 24.1 Å². The number of nitrogens with one attached hydrogen (secondary N) is 2. The van der Waals surface area contributed by atoms with E-state index in [-0.39, 0.29) is 16.9 Å². The molecule has 0 unspecified atom stereocenters. The van der Waals surface area contributed by atoms with Crippen molar-refractivity contribution < 1.29 is 17.9 Å². The van der Waals surface area contributed by atoms with E-state index in [1.165, 1.54) is 18.5 Å². The Balaban J connectivity index is 1.39. The van der Waals surface area contributed by atoms with Crippen molar-refractivity contribution in [3.05, 3.63) is 41.6 Å². The van der Waals surface area contributed by atoms with Crippen LogP contribution in [0.3, 0.4) is 0 Å². The minimum absolute atomic E-state index is 0.154. The maximum absolute atomic E-state index is 13.4.